The quantitative estimate of drug-likeness (QED) is 0.811. The number of carbonyl (C=O) groups is 1. The van der Waals surface area contributed by atoms with E-state index < -0.39 is 10.0 Å². The second-order valence-corrected chi connectivity index (χ2v) is 7.32. The highest BCUT2D eigenvalue weighted by atomic mass is 32.2. The van der Waals surface area contributed by atoms with E-state index >= 15 is 0 Å². The van der Waals surface area contributed by atoms with Crippen molar-refractivity contribution >= 4 is 15.9 Å². The first kappa shape index (κ1) is 16.8. The molecule has 1 aromatic carbocycles. The van der Waals surface area contributed by atoms with Gasteiger partial charge in [0.15, 0.2) is 0 Å². The molecule has 0 saturated carbocycles. The first-order valence-electron chi connectivity index (χ1n) is 7.38. The Hall–Kier alpha value is -1.60. The van der Waals surface area contributed by atoms with E-state index in [0.717, 1.165) is 18.6 Å². The lowest BCUT2D eigenvalue weighted by molar-refractivity contribution is -0.121. The molecule has 1 atom stereocenters. The SMILES string of the molecule is CS(=O)(=O)N1CCCC1CNC(=O)CCOc1ccccc1. The zero-order valence-electron chi connectivity index (χ0n) is 12.7. The molecule has 22 heavy (non-hydrogen) atoms. The molecule has 122 valence electrons. The van der Waals surface area contributed by atoms with Crippen LogP contribution in [0.15, 0.2) is 30.3 Å². The summed E-state index contributed by atoms with van der Waals surface area (Å²) in [6, 6.07) is 9.18. The molecule has 6 nitrogen and oxygen atoms in total. The number of nitrogens with one attached hydrogen (secondary N) is 1. The Morgan fingerprint density at radius 3 is 2.77 bits per heavy atom. The lowest BCUT2D eigenvalue weighted by Crippen LogP contribution is -2.42. The average molecular weight is 326 g/mol. The monoisotopic (exact) mass is 326 g/mol. The minimum absolute atomic E-state index is 0.128. The van der Waals surface area contributed by atoms with Crippen LogP contribution in [0.5, 0.6) is 5.75 Å². The standard InChI is InChI=1S/C15H22N2O4S/c1-22(19,20)17-10-5-6-13(17)12-16-15(18)9-11-21-14-7-3-2-4-8-14/h2-4,7-8,13H,5-6,9-12H2,1H3,(H,16,18). The van der Waals surface area contributed by atoms with Crippen LogP contribution >= 0.6 is 0 Å². The Kier molecular flexibility index (Phi) is 5.79. The van der Waals surface area contributed by atoms with Gasteiger partial charge in [-0.1, -0.05) is 18.2 Å². The number of ether oxygens (including phenoxy) is 1. The van der Waals surface area contributed by atoms with E-state index in [9.17, 15) is 13.2 Å². The molecule has 0 aromatic heterocycles. The lowest BCUT2D eigenvalue weighted by atomic mass is 10.2. The zero-order valence-corrected chi connectivity index (χ0v) is 13.5. The summed E-state index contributed by atoms with van der Waals surface area (Å²) < 4.78 is 30.1. The van der Waals surface area contributed by atoms with Gasteiger partial charge in [0.05, 0.1) is 19.3 Å². The largest absolute Gasteiger partial charge is 0.493 e. The number of rotatable bonds is 7. The van der Waals surface area contributed by atoms with Crippen molar-refractivity contribution in [3.05, 3.63) is 30.3 Å². The van der Waals surface area contributed by atoms with Crippen LogP contribution in [0, 0.1) is 0 Å². The fourth-order valence-electron chi connectivity index (χ4n) is 2.55. The summed E-state index contributed by atoms with van der Waals surface area (Å²) in [5.74, 6) is 0.602. The number of hydrogen-bond donors (Lipinski definition) is 1. The van der Waals surface area contributed by atoms with Gasteiger partial charge in [0, 0.05) is 19.1 Å². The maximum Gasteiger partial charge on any atom is 0.223 e. The molecular weight excluding hydrogens is 304 g/mol. The predicted octanol–water partition coefficient (Wildman–Crippen LogP) is 0.996. The van der Waals surface area contributed by atoms with Crippen LogP contribution in [0.2, 0.25) is 0 Å². The predicted molar refractivity (Wildman–Crippen MR) is 84.1 cm³/mol. The van der Waals surface area contributed by atoms with Gasteiger partial charge in [-0.05, 0) is 25.0 Å². The Bertz CT molecular complexity index is 589. The van der Waals surface area contributed by atoms with Gasteiger partial charge in [-0.3, -0.25) is 4.79 Å². The van der Waals surface area contributed by atoms with E-state index in [1.165, 1.54) is 10.6 Å². The molecular formula is C15H22N2O4S. The van der Waals surface area contributed by atoms with Crippen molar-refractivity contribution in [2.75, 3.05) is 26.0 Å². The van der Waals surface area contributed by atoms with Crippen molar-refractivity contribution in [1.82, 2.24) is 9.62 Å². The first-order valence-corrected chi connectivity index (χ1v) is 9.23. The third kappa shape index (κ3) is 4.99. The maximum absolute atomic E-state index is 11.8. The lowest BCUT2D eigenvalue weighted by Gasteiger charge is -2.22. The molecule has 0 spiro atoms. The Morgan fingerprint density at radius 2 is 2.09 bits per heavy atom. The minimum atomic E-state index is -3.20. The minimum Gasteiger partial charge on any atom is -0.493 e. The fourth-order valence-corrected chi connectivity index (χ4v) is 3.73. The Labute approximate surface area is 131 Å². The van der Waals surface area contributed by atoms with E-state index in [1.54, 1.807) is 0 Å². The summed E-state index contributed by atoms with van der Waals surface area (Å²) in [5.41, 5.74) is 0. The van der Waals surface area contributed by atoms with Crippen molar-refractivity contribution in [3.8, 4) is 5.75 Å². The molecule has 2 rings (SSSR count). The molecule has 7 heteroatoms. The van der Waals surface area contributed by atoms with E-state index in [-0.39, 0.29) is 18.4 Å². The van der Waals surface area contributed by atoms with Crippen LogP contribution in [0.1, 0.15) is 19.3 Å². The molecule has 1 saturated heterocycles. The van der Waals surface area contributed by atoms with Crippen molar-refractivity contribution < 1.29 is 17.9 Å². The van der Waals surface area contributed by atoms with E-state index in [1.807, 2.05) is 30.3 Å². The summed E-state index contributed by atoms with van der Waals surface area (Å²) in [5, 5.41) is 2.79. The zero-order chi connectivity index (χ0) is 16.0. The third-order valence-electron chi connectivity index (χ3n) is 3.63. The number of carbonyl (C=O) groups excluding carboxylic acids is 1. The summed E-state index contributed by atoms with van der Waals surface area (Å²) >= 11 is 0. The van der Waals surface area contributed by atoms with Gasteiger partial charge in [-0.15, -0.1) is 0 Å². The maximum atomic E-state index is 11.8. The van der Waals surface area contributed by atoms with Gasteiger partial charge < -0.3 is 10.1 Å². The van der Waals surface area contributed by atoms with E-state index in [0.29, 0.717) is 19.7 Å². The molecule has 1 aliphatic heterocycles. The molecule has 0 radical (unpaired) electrons. The van der Waals surface area contributed by atoms with Gasteiger partial charge in [0.1, 0.15) is 5.75 Å². The van der Waals surface area contributed by atoms with Crippen LogP contribution in [0.4, 0.5) is 0 Å². The highest BCUT2D eigenvalue weighted by Gasteiger charge is 2.31. The normalized spacial score (nSPS) is 19.0. The van der Waals surface area contributed by atoms with Gasteiger partial charge in [-0.25, -0.2) is 8.42 Å². The van der Waals surface area contributed by atoms with E-state index in [2.05, 4.69) is 5.32 Å². The van der Waals surface area contributed by atoms with Crippen molar-refractivity contribution in [1.29, 1.82) is 0 Å². The highest BCUT2D eigenvalue weighted by molar-refractivity contribution is 7.88. The van der Waals surface area contributed by atoms with Crippen molar-refractivity contribution in [2.45, 2.75) is 25.3 Å². The van der Waals surface area contributed by atoms with Gasteiger partial charge in [0.2, 0.25) is 15.9 Å². The number of sulfonamides is 1. The van der Waals surface area contributed by atoms with Gasteiger partial charge in [0.25, 0.3) is 0 Å². The molecule has 1 N–H and O–H groups in total. The molecule has 0 aliphatic carbocycles. The molecule has 1 heterocycles. The third-order valence-corrected chi connectivity index (χ3v) is 4.96. The summed E-state index contributed by atoms with van der Waals surface area (Å²) in [7, 11) is -3.20. The number of benzene rings is 1. The molecule has 1 unspecified atom stereocenters. The first-order chi connectivity index (χ1) is 10.5. The molecule has 1 fully saturated rings. The van der Waals surface area contributed by atoms with E-state index in [4.69, 9.17) is 4.74 Å². The molecule has 0 bridgehead atoms. The highest BCUT2D eigenvalue weighted by Crippen LogP contribution is 2.19. The van der Waals surface area contributed by atoms with Gasteiger partial charge >= 0.3 is 0 Å². The van der Waals surface area contributed by atoms with Gasteiger partial charge in [-0.2, -0.15) is 4.31 Å². The second kappa shape index (κ2) is 7.60. The summed E-state index contributed by atoms with van der Waals surface area (Å²) in [6.45, 7) is 1.20. The smallest absolute Gasteiger partial charge is 0.223 e. The van der Waals surface area contributed by atoms with Crippen LogP contribution in [0.25, 0.3) is 0 Å². The number of hydrogen-bond acceptors (Lipinski definition) is 4. The van der Waals surface area contributed by atoms with Crippen LogP contribution in [0.3, 0.4) is 0 Å². The Morgan fingerprint density at radius 1 is 1.36 bits per heavy atom. The van der Waals surface area contributed by atoms with Crippen molar-refractivity contribution in [2.24, 2.45) is 0 Å². The number of nitrogens with zero attached hydrogens (tertiary/aromatic N) is 1. The summed E-state index contributed by atoms with van der Waals surface area (Å²) in [4.78, 5) is 11.8. The molecule has 1 aliphatic rings. The molecule has 1 aromatic rings. The topological polar surface area (TPSA) is 75.7 Å². The molecule has 1 amide bonds. The Balaban J connectivity index is 1.69. The van der Waals surface area contributed by atoms with Crippen molar-refractivity contribution in [3.63, 3.8) is 0 Å². The fraction of sp³-hybridized carbons (Fsp3) is 0.533. The summed E-state index contributed by atoms with van der Waals surface area (Å²) in [6.07, 6.45) is 3.08. The van der Waals surface area contributed by atoms with Crippen LogP contribution < -0.4 is 10.1 Å². The second-order valence-electron chi connectivity index (χ2n) is 5.39. The van der Waals surface area contributed by atoms with Crippen LogP contribution in [-0.4, -0.2) is 50.6 Å². The number of para-hydroxylation sites is 1. The van der Waals surface area contributed by atoms with Crippen LogP contribution in [-0.2, 0) is 14.8 Å². The average Bonchev–Trinajstić information content (AvgIpc) is 2.95. The number of amides is 1.